The van der Waals surface area contributed by atoms with Crippen LogP contribution >= 0.6 is 0 Å². The Bertz CT molecular complexity index is 334. The summed E-state index contributed by atoms with van der Waals surface area (Å²) in [5.74, 6) is 0. The van der Waals surface area contributed by atoms with E-state index >= 15 is 0 Å². The Kier molecular flexibility index (Phi) is 1.17. The molecule has 0 amide bonds. The fraction of sp³-hybridized carbons (Fsp3) is 0.250. The molecule has 0 fully saturated rings. The highest BCUT2D eigenvalue weighted by molar-refractivity contribution is 5.21. The van der Waals surface area contributed by atoms with Crippen molar-refractivity contribution in [3.05, 3.63) is 35.3 Å². The smallest absolute Gasteiger partial charge is 0.0681 e. The maximum absolute atomic E-state index is 8.87. The van der Waals surface area contributed by atoms with Gasteiger partial charge < -0.3 is 10.2 Å². The first kappa shape index (κ1) is 3.51. The maximum Gasteiger partial charge on any atom is 0.0681 e. The van der Waals surface area contributed by atoms with Crippen LogP contribution in [0.4, 0.5) is 0 Å². The Morgan fingerprint density at radius 3 is 2.10 bits per heavy atom. The highest BCUT2D eigenvalue weighted by atomic mass is 16.3. The van der Waals surface area contributed by atoms with E-state index in [1.54, 1.807) is 0 Å². The molecule has 0 saturated heterocycles. The molecule has 0 aromatic heterocycles. The summed E-state index contributed by atoms with van der Waals surface area (Å²) in [5, 5.41) is 17.7. The zero-order valence-electron chi connectivity index (χ0n) is 9.31. The van der Waals surface area contributed by atoms with Gasteiger partial charge in [-0.05, 0) is 11.1 Å². The Morgan fingerprint density at radius 1 is 1.20 bits per heavy atom. The summed E-state index contributed by atoms with van der Waals surface area (Å²) >= 11 is 0. The second-order valence-corrected chi connectivity index (χ2v) is 1.77. The quantitative estimate of drug-likeness (QED) is 0.637. The molecule has 0 aliphatic carbocycles. The molecule has 0 bridgehead atoms. The van der Waals surface area contributed by atoms with Gasteiger partial charge in [0.1, 0.15) is 0 Å². The molecule has 0 spiro atoms. The zero-order chi connectivity index (χ0) is 10.9. The van der Waals surface area contributed by atoms with Crippen LogP contribution in [0.2, 0.25) is 0 Å². The van der Waals surface area contributed by atoms with E-state index in [4.69, 9.17) is 15.7 Å². The Morgan fingerprint density at radius 2 is 1.70 bits per heavy atom. The minimum Gasteiger partial charge on any atom is -0.392 e. The van der Waals surface area contributed by atoms with Gasteiger partial charge in [-0.3, -0.25) is 0 Å². The zero-order valence-corrected chi connectivity index (χ0v) is 5.31. The largest absolute Gasteiger partial charge is 0.392 e. The molecule has 1 rings (SSSR count). The highest BCUT2D eigenvalue weighted by Gasteiger charge is 1.91. The van der Waals surface area contributed by atoms with Crippen molar-refractivity contribution in [2.45, 2.75) is 13.2 Å². The second-order valence-electron chi connectivity index (χ2n) is 1.77. The molecule has 1 aromatic rings. The lowest BCUT2D eigenvalue weighted by atomic mass is 10.1. The van der Waals surface area contributed by atoms with Crippen molar-refractivity contribution in [2.24, 2.45) is 0 Å². The summed E-state index contributed by atoms with van der Waals surface area (Å²) in [5.41, 5.74) is -0.0369. The molecular formula is C8H10O2. The molecule has 0 unspecified atom stereocenters. The molecule has 0 atom stereocenters. The number of benzene rings is 1. The molecule has 0 saturated carbocycles. The second kappa shape index (κ2) is 3.34. The Balaban J connectivity index is 3.56. The average Bonchev–Trinajstić information content (AvgIpc) is 2.16. The average molecular weight is 142 g/mol. The van der Waals surface area contributed by atoms with Crippen molar-refractivity contribution >= 4 is 0 Å². The lowest BCUT2D eigenvalue weighted by molar-refractivity contribution is 0.275. The molecule has 54 valence electrons. The fourth-order valence-corrected chi connectivity index (χ4v) is 0.585. The van der Waals surface area contributed by atoms with Crippen molar-refractivity contribution < 1.29 is 15.7 Å². The molecule has 0 heterocycles. The first-order valence-electron chi connectivity index (χ1n) is 4.84. The van der Waals surface area contributed by atoms with Crippen molar-refractivity contribution in [3.8, 4) is 0 Å². The molecule has 2 heteroatoms. The third-order valence-corrected chi connectivity index (χ3v) is 1.04. The van der Waals surface area contributed by atoms with Crippen LogP contribution in [0.15, 0.2) is 24.2 Å². The Hall–Kier alpha value is -0.860. The molecular weight excluding hydrogens is 128 g/mol. The van der Waals surface area contributed by atoms with Crippen LogP contribution in [0.5, 0.6) is 0 Å². The van der Waals surface area contributed by atoms with Crippen molar-refractivity contribution in [1.82, 2.24) is 0 Å². The van der Waals surface area contributed by atoms with E-state index in [2.05, 4.69) is 0 Å². The van der Waals surface area contributed by atoms with E-state index in [1.165, 1.54) is 0 Å². The van der Waals surface area contributed by atoms with Gasteiger partial charge in [-0.25, -0.2) is 0 Å². The number of hydrogen-bond donors (Lipinski definition) is 2. The van der Waals surface area contributed by atoms with Crippen LogP contribution < -0.4 is 0 Å². The van der Waals surface area contributed by atoms with Crippen molar-refractivity contribution in [1.29, 1.82) is 0 Å². The molecule has 10 heavy (non-hydrogen) atoms. The predicted octanol–water partition coefficient (Wildman–Crippen LogP) is 0.671. The third-order valence-electron chi connectivity index (χ3n) is 1.04. The van der Waals surface area contributed by atoms with Crippen LogP contribution in [0.3, 0.4) is 0 Å². The number of rotatable bonds is 2. The Labute approximate surface area is 65.4 Å². The van der Waals surface area contributed by atoms with Gasteiger partial charge in [0, 0.05) is 0 Å². The lowest BCUT2D eigenvalue weighted by Crippen LogP contribution is -1.86. The summed E-state index contributed by atoms with van der Waals surface area (Å²) in [4.78, 5) is 0. The standard InChI is InChI=1S/C8H10O2/c9-5-7-2-1-3-8(4-7)6-10/h1-4,9-10H,5-6H2/i1D,2D,3D,4D. The molecule has 1 aromatic carbocycles. The van der Waals surface area contributed by atoms with Crippen LogP contribution in [-0.4, -0.2) is 10.2 Å². The SMILES string of the molecule is [2H]c1c([2H])c(CO)c([2H])c(CO)c1[2H]. The van der Waals surface area contributed by atoms with Crippen LogP contribution in [0, 0.1) is 0 Å². The molecule has 0 aliphatic rings. The molecule has 0 radical (unpaired) electrons. The summed E-state index contributed by atoms with van der Waals surface area (Å²) in [6, 6.07) is -1.23. The van der Waals surface area contributed by atoms with E-state index in [-0.39, 0.29) is 35.3 Å². The van der Waals surface area contributed by atoms with Gasteiger partial charge in [-0.15, -0.1) is 0 Å². The van der Waals surface area contributed by atoms with Crippen LogP contribution in [0.1, 0.15) is 16.6 Å². The number of aliphatic hydroxyl groups excluding tert-OH is 2. The summed E-state index contributed by atoms with van der Waals surface area (Å²) in [6.45, 7) is -1.06. The van der Waals surface area contributed by atoms with Gasteiger partial charge in [-0.1, -0.05) is 24.2 Å². The van der Waals surface area contributed by atoms with Gasteiger partial charge >= 0.3 is 0 Å². The fourth-order valence-electron chi connectivity index (χ4n) is 0.585. The van der Waals surface area contributed by atoms with Gasteiger partial charge in [-0.2, -0.15) is 0 Å². The topological polar surface area (TPSA) is 40.5 Å². The van der Waals surface area contributed by atoms with E-state index in [1.807, 2.05) is 0 Å². The summed E-state index contributed by atoms with van der Waals surface area (Å²) < 4.78 is 29.6. The van der Waals surface area contributed by atoms with E-state index in [9.17, 15) is 0 Å². The monoisotopic (exact) mass is 142 g/mol. The first-order chi connectivity index (χ1) is 6.54. The first-order valence-corrected chi connectivity index (χ1v) is 2.84. The van der Waals surface area contributed by atoms with E-state index < -0.39 is 13.2 Å². The van der Waals surface area contributed by atoms with Gasteiger partial charge in [0.05, 0.1) is 18.7 Å². The van der Waals surface area contributed by atoms with E-state index in [0.717, 1.165) is 0 Å². The molecule has 2 nitrogen and oxygen atoms in total. The van der Waals surface area contributed by atoms with Gasteiger partial charge in [0.15, 0.2) is 0 Å². The van der Waals surface area contributed by atoms with Crippen molar-refractivity contribution in [2.75, 3.05) is 0 Å². The maximum atomic E-state index is 8.87. The normalized spacial score (nSPS) is 15.4. The summed E-state index contributed by atoms with van der Waals surface area (Å²) in [7, 11) is 0. The van der Waals surface area contributed by atoms with Crippen molar-refractivity contribution in [3.63, 3.8) is 0 Å². The van der Waals surface area contributed by atoms with Gasteiger partial charge in [0.25, 0.3) is 0 Å². The minimum atomic E-state index is -0.531. The van der Waals surface area contributed by atoms with Crippen LogP contribution in [-0.2, 0) is 13.2 Å². The molecule has 2 N–H and O–H groups in total. The number of aliphatic hydroxyl groups is 2. The minimum absolute atomic E-state index is 0.0185. The summed E-state index contributed by atoms with van der Waals surface area (Å²) in [6.07, 6.45) is 0. The number of hydrogen-bond acceptors (Lipinski definition) is 2. The predicted molar refractivity (Wildman–Crippen MR) is 38.3 cm³/mol. The van der Waals surface area contributed by atoms with Crippen LogP contribution in [0.25, 0.3) is 0 Å². The van der Waals surface area contributed by atoms with E-state index in [0.29, 0.717) is 0 Å². The highest BCUT2D eigenvalue weighted by Crippen LogP contribution is 2.04. The third kappa shape index (κ3) is 1.56. The van der Waals surface area contributed by atoms with Gasteiger partial charge in [0.2, 0.25) is 0 Å². The lowest BCUT2D eigenvalue weighted by Gasteiger charge is -1.97. The molecule has 0 aliphatic heterocycles.